The van der Waals surface area contributed by atoms with Gasteiger partial charge in [0, 0.05) is 12.8 Å². The molecule has 2 N–H and O–H groups in total. The van der Waals surface area contributed by atoms with Crippen LogP contribution in [0, 0.1) is 17.8 Å². The molecular weight excluding hydrogens is 210 g/mol. The van der Waals surface area contributed by atoms with E-state index in [1.165, 1.54) is 12.3 Å². The van der Waals surface area contributed by atoms with E-state index in [0.29, 0.717) is 11.6 Å². The van der Waals surface area contributed by atoms with Crippen LogP contribution in [0.25, 0.3) is 0 Å². The molecule has 1 aliphatic rings. The van der Waals surface area contributed by atoms with E-state index in [0.717, 1.165) is 19.8 Å². The fourth-order valence-corrected chi connectivity index (χ4v) is 1.33. The number of alkyl halides is 2. The molecule has 4 heteroatoms. The Labute approximate surface area is 92.9 Å². The smallest absolute Gasteiger partial charge is 0.288 e. The Morgan fingerprint density at radius 1 is 1.50 bits per heavy atom. The predicted molar refractivity (Wildman–Crippen MR) is 57.8 cm³/mol. The summed E-state index contributed by atoms with van der Waals surface area (Å²) >= 11 is 0. The SMILES string of the molecule is CC(F)(F)c1ncc(N)cc1C#CC1CC1. The van der Waals surface area contributed by atoms with Crippen LogP contribution in [0.4, 0.5) is 14.5 Å². The minimum Gasteiger partial charge on any atom is -0.397 e. The Balaban J connectivity index is 2.40. The maximum atomic E-state index is 13.2. The molecule has 0 atom stereocenters. The van der Waals surface area contributed by atoms with E-state index in [1.807, 2.05) is 0 Å². The lowest BCUT2D eigenvalue weighted by Gasteiger charge is -2.11. The van der Waals surface area contributed by atoms with E-state index in [1.54, 1.807) is 0 Å². The number of anilines is 1. The van der Waals surface area contributed by atoms with Crippen LogP contribution in [-0.2, 0) is 5.92 Å². The number of nitrogens with two attached hydrogens (primary N) is 1. The van der Waals surface area contributed by atoms with E-state index in [2.05, 4.69) is 16.8 Å². The molecule has 0 amide bonds. The summed E-state index contributed by atoms with van der Waals surface area (Å²) in [5.41, 5.74) is 5.81. The van der Waals surface area contributed by atoms with Crippen molar-refractivity contribution in [1.82, 2.24) is 4.98 Å². The van der Waals surface area contributed by atoms with Gasteiger partial charge in [-0.05, 0) is 18.9 Å². The monoisotopic (exact) mass is 222 g/mol. The van der Waals surface area contributed by atoms with Crippen LogP contribution in [0.15, 0.2) is 12.3 Å². The molecular formula is C12H12F2N2. The third-order valence-electron chi connectivity index (χ3n) is 2.31. The van der Waals surface area contributed by atoms with Gasteiger partial charge in [0.05, 0.1) is 17.4 Å². The van der Waals surface area contributed by atoms with E-state index in [4.69, 9.17) is 5.73 Å². The molecule has 1 heterocycles. The molecule has 1 aromatic heterocycles. The molecule has 0 bridgehead atoms. The molecule has 0 spiro atoms. The molecule has 2 rings (SSSR count). The molecule has 0 unspecified atom stereocenters. The number of halogens is 2. The third kappa shape index (κ3) is 2.48. The number of hydrogen-bond acceptors (Lipinski definition) is 2. The summed E-state index contributed by atoms with van der Waals surface area (Å²) in [4.78, 5) is 3.67. The molecule has 1 saturated carbocycles. The molecule has 16 heavy (non-hydrogen) atoms. The second-order valence-corrected chi connectivity index (χ2v) is 4.10. The van der Waals surface area contributed by atoms with Crippen LogP contribution in [0.2, 0.25) is 0 Å². The van der Waals surface area contributed by atoms with Crippen molar-refractivity contribution < 1.29 is 8.78 Å². The molecule has 0 saturated heterocycles. The quantitative estimate of drug-likeness (QED) is 0.741. The van der Waals surface area contributed by atoms with Crippen LogP contribution >= 0.6 is 0 Å². The largest absolute Gasteiger partial charge is 0.397 e. The Morgan fingerprint density at radius 3 is 2.75 bits per heavy atom. The number of hydrogen-bond donors (Lipinski definition) is 1. The lowest BCUT2D eigenvalue weighted by atomic mass is 10.1. The van der Waals surface area contributed by atoms with Crippen LogP contribution in [-0.4, -0.2) is 4.98 Å². The van der Waals surface area contributed by atoms with Crippen molar-refractivity contribution in [3.05, 3.63) is 23.5 Å². The second-order valence-electron chi connectivity index (χ2n) is 4.10. The minimum atomic E-state index is -2.98. The van der Waals surface area contributed by atoms with Gasteiger partial charge in [0.25, 0.3) is 5.92 Å². The van der Waals surface area contributed by atoms with Crippen molar-refractivity contribution >= 4 is 5.69 Å². The highest BCUT2D eigenvalue weighted by Gasteiger charge is 2.29. The Bertz CT molecular complexity index is 462. The first kappa shape index (κ1) is 10.9. The highest BCUT2D eigenvalue weighted by molar-refractivity contribution is 5.49. The predicted octanol–water partition coefficient (Wildman–Crippen LogP) is 2.54. The number of nitrogen functional groups attached to an aromatic ring is 1. The molecule has 2 nitrogen and oxygen atoms in total. The number of aromatic nitrogens is 1. The first-order valence-corrected chi connectivity index (χ1v) is 5.12. The summed E-state index contributed by atoms with van der Waals surface area (Å²) in [6, 6.07) is 1.45. The van der Waals surface area contributed by atoms with Crippen LogP contribution < -0.4 is 5.73 Å². The topological polar surface area (TPSA) is 38.9 Å². The van der Waals surface area contributed by atoms with Crippen molar-refractivity contribution in [2.75, 3.05) is 5.73 Å². The van der Waals surface area contributed by atoms with Gasteiger partial charge in [-0.15, -0.1) is 0 Å². The van der Waals surface area contributed by atoms with E-state index < -0.39 is 5.92 Å². The van der Waals surface area contributed by atoms with Crippen molar-refractivity contribution in [2.24, 2.45) is 5.92 Å². The van der Waals surface area contributed by atoms with Gasteiger partial charge in [-0.3, -0.25) is 4.98 Å². The van der Waals surface area contributed by atoms with Crippen LogP contribution in [0.1, 0.15) is 31.0 Å². The van der Waals surface area contributed by atoms with Gasteiger partial charge in [-0.1, -0.05) is 11.8 Å². The van der Waals surface area contributed by atoms with Gasteiger partial charge in [-0.2, -0.15) is 8.78 Å². The molecule has 0 radical (unpaired) electrons. The molecule has 84 valence electrons. The van der Waals surface area contributed by atoms with Gasteiger partial charge >= 0.3 is 0 Å². The maximum Gasteiger partial charge on any atom is 0.288 e. The normalized spacial score (nSPS) is 15.4. The first-order valence-electron chi connectivity index (χ1n) is 5.12. The number of pyridine rings is 1. The Hall–Kier alpha value is -1.63. The zero-order valence-corrected chi connectivity index (χ0v) is 8.93. The summed E-state index contributed by atoms with van der Waals surface area (Å²) in [6.45, 7) is 0.813. The molecule has 1 aliphatic carbocycles. The van der Waals surface area contributed by atoms with Crippen molar-refractivity contribution in [3.8, 4) is 11.8 Å². The standard InChI is InChI=1S/C12H12F2N2/c1-12(13,14)11-9(5-4-8-2-3-8)6-10(15)7-16-11/h6-8H,2-3,15H2,1H3. The van der Waals surface area contributed by atoms with Crippen molar-refractivity contribution in [2.45, 2.75) is 25.7 Å². The third-order valence-corrected chi connectivity index (χ3v) is 2.31. The van der Waals surface area contributed by atoms with Crippen molar-refractivity contribution in [1.29, 1.82) is 0 Å². The van der Waals surface area contributed by atoms with E-state index in [-0.39, 0.29) is 11.3 Å². The molecule has 1 aromatic rings. The summed E-state index contributed by atoms with van der Waals surface area (Å²) in [6.07, 6.45) is 3.34. The summed E-state index contributed by atoms with van der Waals surface area (Å²) in [7, 11) is 0. The first-order chi connectivity index (χ1) is 7.47. The molecule has 0 aliphatic heterocycles. The fraction of sp³-hybridized carbons (Fsp3) is 0.417. The van der Waals surface area contributed by atoms with Crippen molar-refractivity contribution in [3.63, 3.8) is 0 Å². The minimum absolute atomic E-state index is 0.236. The number of rotatable bonds is 1. The van der Waals surface area contributed by atoms with Gasteiger partial charge in [-0.25, -0.2) is 0 Å². The lowest BCUT2D eigenvalue weighted by molar-refractivity contribution is 0.0125. The molecule has 0 aromatic carbocycles. The van der Waals surface area contributed by atoms with Gasteiger partial charge in [0.2, 0.25) is 0 Å². The van der Waals surface area contributed by atoms with E-state index >= 15 is 0 Å². The summed E-state index contributed by atoms with van der Waals surface area (Å²) in [5, 5.41) is 0. The lowest BCUT2D eigenvalue weighted by Crippen LogP contribution is -2.12. The van der Waals surface area contributed by atoms with Crippen LogP contribution in [0.3, 0.4) is 0 Å². The van der Waals surface area contributed by atoms with Gasteiger partial charge < -0.3 is 5.73 Å². The Kier molecular flexibility index (Phi) is 2.55. The second kappa shape index (κ2) is 3.75. The summed E-state index contributed by atoms with van der Waals surface area (Å²) in [5.74, 6) is 3.06. The van der Waals surface area contributed by atoms with Crippen LogP contribution in [0.5, 0.6) is 0 Å². The summed E-state index contributed by atoms with van der Waals surface area (Å²) < 4.78 is 26.4. The van der Waals surface area contributed by atoms with Gasteiger partial charge in [0.15, 0.2) is 0 Å². The average molecular weight is 222 g/mol. The van der Waals surface area contributed by atoms with Gasteiger partial charge in [0.1, 0.15) is 5.69 Å². The highest BCUT2D eigenvalue weighted by Crippen LogP contribution is 2.30. The highest BCUT2D eigenvalue weighted by atomic mass is 19.3. The zero-order valence-electron chi connectivity index (χ0n) is 8.93. The Morgan fingerprint density at radius 2 is 2.19 bits per heavy atom. The average Bonchev–Trinajstić information content (AvgIpc) is 2.96. The molecule has 1 fully saturated rings. The van der Waals surface area contributed by atoms with E-state index in [9.17, 15) is 8.78 Å². The number of nitrogens with zero attached hydrogens (tertiary/aromatic N) is 1. The maximum absolute atomic E-state index is 13.2. The fourth-order valence-electron chi connectivity index (χ4n) is 1.33. The zero-order chi connectivity index (χ0) is 11.8.